The number of rotatable bonds is 8. The van der Waals surface area contributed by atoms with E-state index < -0.39 is 0 Å². The maximum absolute atomic E-state index is 12.8. The van der Waals surface area contributed by atoms with Crippen molar-refractivity contribution in [2.75, 3.05) is 18.5 Å². The molecule has 0 atom stereocenters. The lowest BCUT2D eigenvalue weighted by Crippen LogP contribution is -2.30. The smallest absolute Gasteiger partial charge is 0.341 e. The fourth-order valence-corrected chi connectivity index (χ4v) is 4.93. The van der Waals surface area contributed by atoms with Crippen molar-refractivity contribution in [3.8, 4) is 11.1 Å². The Labute approximate surface area is 202 Å². The number of ether oxygens (including phenoxy) is 1. The Morgan fingerprint density at radius 2 is 1.97 bits per heavy atom. The molecule has 0 aliphatic carbocycles. The molecule has 0 unspecified atom stereocenters. The van der Waals surface area contributed by atoms with Gasteiger partial charge in [0.25, 0.3) is 0 Å². The third-order valence-corrected chi connectivity index (χ3v) is 6.79. The number of nitrogens with zero attached hydrogens (tertiary/aromatic N) is 2. The second kappa shape index (κ2) is 10.9. The molecule has 0 saturated heterocycles. The van der Waals surface area contributed by atoms with E-state index in [2.05, 4.69) is 15.7 Å². The first kappa shape index (κ1) is 24.2. The van der Waals surface area contributed by atoms with Gasteiger partial charge in [-0.2, -0.15) is 5.10 Å². The van der Waals surface area contributed by atoms with E-state index in [1.54, 1.807) is 6.92 Å². The van der Waals surface area contributed by atoms with Crippen LogP contribution in [0.25, 0.3) is 11.1 Å². The van der Waals surface area contributed by atoms with Crippen LogP contribution >= 0.6 is 35.2 Å². The normalized spacial score (nSPS) is 10.8. The molecule has 0 fully saturated rings. The van der Waals surface area contributed by atoms with Crippen LogP contribution in [0.1, 0.15) is 40.0 Å². The molecule has 6 nitrogen and oxygen atoms in total. The fourth-order valence-electron chi connectivity index (χ4n) is 3.45. The summed E-state index contributed by atoms with van der Waals surface area (Å²) < 4.78 is 7.25. The van der Waals surface area contributed by atoms with Crippen LogP contribution in [-0.2, 0) is 11.3 Å². The Balaban J connectivity index is 1.68. The summed E-state index contributed by atoms with van der Waals surface area (Å²) in [5.41, 5.74) is 4.16. The SMILES string of the molecule is CCOC(=O)c1c(NC(=S)NCCCn2nc(C)c(Cl)c2C)sc(C)c1-c1ccccc1. The number of carbonyl (C=O) groups is 1. The monoisotopic (exact) mass is 490 g/mol. The van der Waals surface area contributed by atoms with Crippen molar-refractivity contribution in [1.29, 1.82) is 0 Å². The van der Waals surface area contributed by atoms with E-state index in [-0.39, 0.29) is 5.97 Å². The molecule has 0 radical (unpaired) electrons. The zero-order chi connectivity index (χ0) is 23.3. The zero-order valence-electron chi connectivity index (χ0n) is 18.6. The van der Waals surface area contributed by atoms with Gasteiger partial charge >= 0.3 is 5.97 Å². The van der Waals surface area contributed by atoms with Crippen LogP contribution in [0.2, 0.25) is 5.02 Å². The zero-order valence-corrected chi connectivity index (χ0v) is 21.0. The topological polar surface area (TPSA) is 68.2 Å². The van der Waals surface area contributed by atoms with Crippen LogP contribution in [-0.4, -0.2) is 34.0 Å². The molecular formula is C23H27ClN4O2S2. The Hall–Kier alpha value is -2.42. The Morgan fingerprint density at radius 1 is 1.25 bits per heavy atom. The van der Waals surface area contributed by atoms with Gasteiger partial charge in [-0.15, -0.1) is 11.3 Å². The van der Waals surface area contributed by atoms with Crippen LogP contribution in [0.4, 0.5) is 5.00 Å². The average Bonchev–Trinajstić information content (AvgIpc) is 3.22. The number of carbonyl (C=O) groups excluding carboxylic acids is 1. The molecule has 0 spiro atoms. The van der Waals surface area contributed by atoms with Gasteiger partial charge in [0.1, 0.15) is 10.6 Å². The first-order chi connectivity index (χ1) is 15.3. The summed E-state index contributed by atoms with van der Waals surface area (Å²) in [6.45, 7) is 9.36. The summed E-state index contributed by atoms with van der Waals surface area (Å²) in [5, 5.41) is 12.7. The molecule has 2 aromatic heterocycles. The summed E-state index contributed by atoms with van der Waals surface area (Å²) in [6, 6.07) is 9.84. The molecule has 0 amide bonds. The highest BCUT2D eigenvalue weighted by atomic mass is 35.5. The number of nitrogens with one attached hydrogen (secondary N) is 2. The highest BCUT2D eigenvalue weighted by molar-refractivity contribution is 7.80. The number of hydrogen-bond acceptors (Lipinski definition) is 5. The lowest BCUT2D eigenvalue weighted by Gasteiger charge is -2.12. The third kappa shape index (κ3) is 5.49. The van der Waals surface area contributed by atoms with E-state index in [4.69, 9.17) is 28.6 Å². The van der Waals surface area contributed by atoms with Gasteiger partial charge in [0.15, 0.2) is 5.11 Å². The minimum Gasteiger partial charge on any atom is -0.462 e. The maximum atomic E-state index is 12.8. The lowest BCUT2D eigenvalue weighted by molar-refractivity contribution is 0.0529. The largest absolute Gasteiger partial charge is 0.462 e. The van der Waals surface area contributed by atoms with Gasteiger partial charge < -0.3 is 15.4 Å². The van der Waals surface area contributed by atoms with E-state index in [9.17, 15) is 4.79 Å². The van der Waals surface area contributed by atoms with Gasteiger partial charge in [0.2, 0.25) is 0 Å². The van der Waals surface area contributed by atoms with Gasteiger partial charge in [-0.1, -0.05) is 41.9 Å². The van der Waals surface area contributed by atoms with Gasteiger partial charge in [-0.05, 0) is 51.9 Å². The molecule has 1 aromatic carbocycles. The van der Waals surface area contributed by atoms with Crippen molar-refractivity contribution in [2.24, 2.45) is 0 Å². The first-order valence-corrected chi connectivity index (χ1v) is 12.0. The summed E-state index contributed by atoms with van der Waals surface area (Å²) in [4.78, 5) is 13.8. The fraction of sp³-hybridized carbons (Fsp3) is 0.348. The number of aromatic nitrogens is 2. The molecule has 0 aliphatic rings. The maximum Gasteiger partial charge on any atom is 0.341 e. The molecule has 2 N–H and O–H groups in total. The molecule has 2 heterocycles. The van der Waals surface area contributed by atoms with Crippen molar-refractivity contribution in [1.82, 2.24) is 15.1 Å². The highest BCUT2D eigenvalue weighted by Crippen LogP contribution is 2.40. The van der Waals surface area contributed by atoms with E-state index in [0.29, 0.717) is 33.9 Å². The lowest BCUT2D eigenvalue weighted by atomic mass is 10.0. The van der Waals surface area contributed by atoms with Crippen LogP contribution in [0.15, 0.2) is 30.3 Å². The number of anilines is 1. The minimum absolute atomic E-state index is 0.306. The summed E-state index contributed by atoms with van der Waals surface area (Å²) in [7, 11) is 0. The number of benzene rings is 1. The van der Waals surface area contributed by atoms with E-state index in [1.165, 1.54) is 11.3 Å². The standard InChI is InChI=1S/C23H27ClN4O2S2/c1-5-30-22(29)19-18(17-10-7-6-8-11-17)16(4)32-21(19)26-23(31)25-12-9-13-28-15(3)20(24)14(2)27-28/h6-8,10-11H,5,9,12-13H2,1-4H3,(H2,25,26,31). The molecule has 0 bridgehead atoms. The Kier molecular flexibility index (Phi) is 8.28. The Morgan fingerprint density at radius 3 is 2.59 bits per heavy atom. The molecule has 3 rings (SSSR count). The first-order valence-electron chi connectivity index (χ1n) is 10.4. The molecular weight excluding hydrogens is 464 g/mol. The molecule has 170 valence electrons. The molecule has 32 heavy (non-hydrogen) atoms. The van der Waals surface area contributed by atoms with Gasteiger partial charge in [-0.25, -0.2) is 4.79 Å². The second-order valence-electron chi connectivity index (χ2n) is 7.27. The van der Waals surface area contributed by atoms with Crippen LogP contribution in [0.5, 0.6) is 0 Å². The van der Waals surface area contributed by atoms with Crippen LogP contribution in [0, 0.1) is 20.8 Å². The van der Waals surface area contributed by atoms with Gasteiger partial charge in [0.05, 0.1) is 23.0 Å². The summed E-state index contributed by atoms with van der Waals surface area (Å²) >= 11 is 13.2. The van der Waals surface area contributed by atoms with Crippen molar-refractivity contribution in [3.63, 3.8) is 0 Å². The van der Waals surface area contributed by atoms with Crippen molar-refractivity contribution in [3.05, 3.63) is 57.2 Å². The van der Waals surface area contributed by atoms with E-state index in [0.717, 1.165) is 40.4 Å². The predicted octanol–water partition coefficient (Wildman–Crippen LogP) is 5.74. The number of halogens is 1. The predicted molar refractivity (Wildman–Crippen MR) is 136 cm³/mol. The molecule has 0 aliphatic heterocycles. The quantitative estimate of drug-likeness (QED) is 0.238. The van der Waals surface area contributed by atoms with Crippen molar-refractivity contribution < 1.29 is 9.53 Å². The van der Waals surface area contributed by atoms with Crippen LogP contribution < -0.4 is 10.6 Å². The Bertz CT molecular complexity index is 1110. The average molecular weight is 491 g/mol. The van der Waals surface area contributed by atoms with Gasteiger partial charge in [-0.3, -0.25) is 4.68 Å². The molecule has 9 heteroatoms. The third-order valence-electron chi connectivity index (χ3n) is 4.98. The number of aryl methyl sites for hydroxylation is 3. The minimum atomic E-state index is -0.359. The highest BCUT2D eigenvalue weighted by Gasteiger charge is 2.24. The van der Waals surface area contributed by atoms with E-state index in [1.807, 2.05) is 55.8 Å². The number of esters is 1. The second-order valence-corrected chi connectivity index (χ2v) is 9.28. The number of thiocarbonyl (C=S) groups is 1. The van der Waals surface area contributed by atoms with Gasteiger partial charge in [0, 0.05) is 23.5 Å². The van der Waals surface area contributed by atoms with Crippen molar-refractivity contribution in [2.45, 2.75) is 40.7 Å². The molecule has 3 aromatic rings. The van der Waals surface area contributed by atoms with E-state index >= 15 is 0 Å². The summed E-state index contributed by atoms with van der Waals surface area (Å²) in [6.07, 6.45) is 0.823. The summed E-state index contributed by atoms with van der Waals surface area (Å²) in [5.74, 6) is -0.359. The molecule has 0 saturated carbocycles. The number of hydrogen-bond donors (Lipinski definition) is 2. The van der Waals surface area contributed by atoms with Crippen LogP contribution in [0.3, 0.4) is 0 Å². The number of thiophene rings is 1. The van der Waals surface area contributed by atoms with Crippen molar-refractivity contribution >= 4 is 51.2 Å².